The van der Waals surface area contributed by atoms with Crippen LogP contribution in [0.5, 0.6) is 0 Å². The maximum absolute atomic E-state index is 13.3. The number of para-hydroxylation sites is 1. The van der Waals surface area contributed by atoms with Crippen LogP contribution in [0, 0.1) is 11.7 Å². The van der Waals surface area contributed by atoms with E-state index in [9.17, 15) is 17.6 Å². The summed E-state index contributed by atoms with van der Waals surface area (Å²) >= 11 is 5.71. The second-order valence-corrected chi connectivity index (χ2v) is 8.83. The predicted molar refractivity (Wildman–Crippen MR) is 103 cm³/mol. The van der Waals surface area contributed by atoms with Gasteiger partial charge in [0.2, 0.25) is 15.9 Å². The Labute approximate surface area is 163 Å². The van der Waals surface area contributed by atoms with E-state index in [0.717, 1.165) is 17.8 Å². The van der Waals surface area contributed by atoms with Gasteiger partial charge in [-0.3, -0.25) is 4.79 Å². The number of sulfonamides is 1. The minimum atomic E-state index is -3.77. The van der Waals surface area contributed by atoms with E-state index in [4.69, 9.17) is 11.6 Å². The standard InChI is InChI=1S/C19H20ClFN2O3S/c1-22(15-5-3-2-4-6-15)19(24)14-9-11-23(12-10-14)27(25,26)16-7-8-18(21)17(20)13-16/h2-8,13-14H,9-12H2,1H3. The van der Waals surface area contributed by atoms with Crippen molar-refractivity contribution < 1.29 is 17.6 Å². The number of hydrogen-bond acceptors (Lipinski definition) is 3. The first kappa shape index (κ1) is 19.8. The Kier molecular flexibility index (Phi) is 5.83. The van der Waals surface area contributed by atoms with Gasteiger partial charge < -0.3 is 4.90 Å². The number of rotatable bonds is 4. The summed E-state index contributed by atoms with van der Waals surface area (Å²) in [4.78, 5) is 14.3. The molecule has 0 bridgehead atoms. The van der Waals surface area contributed by atoms with Gasteiger partial charge in [0.15, 0.2) is 0 Å². The minimum Gasteiger partial charge on any atom is -0.315 e. The predicted octanol–water partition coefficient (Wildman–Crippen LogP) is 3.54. The number of carbonyl (C=O) groups excluding carboxylic acids is 1. The van der Waals surface area contributed by atoms with Crippen LogP contribution in [0.15, 0.2) is 53.4 Å². The molecule has 3 rings (SSSR count). The minimum absolute atomic E-state index is 0.0249. The second-order valence-electron chi connectivity index (χ2n) is 6.49. The van der Waals surface area contributed by atoms with Crippen molar-refractivity contribution in [2.45, 2.75) is 17.7 Å². The zero-order valence-electron chi connectivity index (χ0n) is 14.8. The van der Waals surface area contributed by atoms with Crippen LogP contribution in [0.25, 0.3) is 0 Å². The van der Waals surface area contributed by atoms with Crippen LogP contribution in [-0.2, 0) is 14.8 Å². The fourth-order valence-electron chi connectivity index (χ4n) is 3.18. The monoisotopic (exact) mass is 410 g/mol. The van der Waals surface area contributed by atoms with E-state index in [2.05, 4.69) is 0 Å². The number of halogens is 2. The van der Waals surface area contributed by atoms with Crippen molar-refractivity contribution in [3.63, 3.8) is 0 Å². The van der Waals surface area contributed by atoms with Gasteiger partial charge in [0, 0.05) is 31.7 Å². The van der Waals surface area contributed by atoms with Crippen LogP contribution in [0.4, 0.5) is 10.1 Å². The largest absolute Gasteiger partial charge is 0.315 e. The molecule has 0 atom stereocenters. The molecule has 1 aliphatic heterocycles. The Balaban J connectivity index is 1.67. The molecule has 0 unspecified atom stereocenters. The van der Waals surface area contributed by atoms with Crippen molar-refractivity contribution in [2.24, 2.45) is 5.92 Å². The normalized spacial score (nSPS) is 16.3. The van der Waals surface area contributed by atoms with Gasteiger partial charge in [-0.2, -0.15) is 4.31 Å². The highest BCUT2D eigenvalue weighted by atomic mass is 35.5. The van der Waals surface area contributed by atoms with Gasteiger partial charge in [-0.1, -0.05) is 29.8 Å². The molecule has 1 saturated heterocycles. The summed E-state index contributed by atoms with van der Waals surface area (Å²) < 4.78 is 40.1. The third-order valence-corrected chi connectivity index (χ3v) is 6.99. The van der Waals surface area contributed by atoms with Crippen molar-refractivity contribution in [3.05, 3.63) is 59.4 Å². The van der Waals surface area contributed by atoms with E-state index in [1.165, 1.54) is 10.4 Å². The van der Waals surface area contributed by atoms with Crippen LogP contribution in [-0.4, -0.2) is 38.8 Å². The van der Waals surface area contributed by atoms with Gasteiger partial charge in [-0.15, -0.1) is 0 Å². The molecule has 2 aromatic carbocycles. The molecule has 8 heteroatoms. The van der Waals surface area contributed by atoms with Crippen molar-refractivity contribution in [1.29, 1.82) is 0 Å². The van der Waals surface area contributed by atoms with E-state index in [0.29, 0.717) is 12.8 Å². The molecule has 1 amide bonds. The molecule has 0 spiro atoms. The van der Waals surface area contributed by atoms with E-state index in [-0.39, 0.29) is 34.8 Å². The van der Waals surface area contributed by atoms with Crippen molar-refractivity contribution in [1.82, 2.24) is 4.31 Å². The third kappa shape index (κ3) is 4.15. The summed E-state index contributed by atoms with van der Waals surface area (Å²) in [7, 11) is -2.04. The summed E-state index contributed by atoms with van der Waals surface area (Å²) in [5, 5.41) is -0.231. The number of carbonyl (C=O) groups is 1. The van der Waals surface area contributed by atoms with Crippen LogP contribution < -0.4 is 4.90 Å². The Hall–Kier alpha value is -1.96. The lowest BCUT2D eigenvalue weighted by Gasteiger charge is -2.32. The molecule has 27 heavy (non-hydrogen) atoms. The number of nitrogens with zero attached hydrogens (tertiary/aromatic N) is 2. The molecule has 0 N–H and O–H groups in total. The fourth-order valence-corrected chi connectivity index (χ4v) is 4.92. The molecule has 2 aromatic rings. The van der Waals surface area contributed by atoms with E-state index >= 15 is 0 Å². The SMILES string of the molecule is CN(C(=O)C1CCN(S(=O)(=O)c2ccc(F)c(Cl)c2)CC1)c1ccccc1. The molecule has 144 valence electrons. The van der Waals surface area contributed by atoms with Crippen LogP contribution in [0.1, 0.15) is 12.8 Å². The second kappa shape index (κ2) is 7.96. The van der Waals surface area contributed by atoms with Crippen LogP contribution in [0.2, 0.25) is 5.02 Å². The Morgan fingerprint density at radius 1 is 1.15 bits per heavy atom. The first-order valence-electron chi connectivity index (χ1n) is 8.58. The molecule has 0 saturated carbocycles. The van der Waals surface area contributed by atoms with Gasteiger partial charge in [0.1, 0.15) is 5.82 Å². The Morgan fingerprint density at radius 2 is 1.78 bits per heavy atom. The van der Waals surface area contributed by atoms with Gasteiger partial charge in [-0.25, -0.2) is 12.8 Å². The van der Waals surface area contributed by atoms with Crippen molar-refractivity contribution in [2.75, 3.05) is 25.0 Å². The first-order chi connectivity index (χ1) is 12.8. The van der Waals surface area contributed by atoms with Gasteiger partial charge in [0.05, 0.1) is 9.92 Å². The average molecular weight is 411 g/mol. The van der Waals surface area contributed by atoms with Crippen molar-refractivity contribution in [3.8, 4) is 0 Å². The Morgan fingerprint density at radius 3 is 2.37 bits per heavy atom. The van der Waals surface area contributed by atoms with E-state index in [1.54, 1.807) is 11.9 Å². The van der Waals surface area contributed by atoms with Crippen molar-refractivity contribution >= 4 is 33.2 Å². The molecule has 1 fully saturated rings. The molecule has 0 aromatic heterocycles. The van der Waals surface area contributed by atoms with E-state index < -0.39 is 15.8 Å². The topological polar surface area (TPSA) is 57.7 Å². The maximum Gasteiger partial charge on any atom is 0.243 e. The summed E-state index contributed by atoms with van der Waals surface area (Å²) in [5.41, 5.74) is 0.804. The highest BCUT2D eigenvalue weighted by molar-refractivity contribution is 7.89. The van der Waals surface area contributed by atoms with Gasteiger partial charge in [0.25, 0.3) is 0 Å². The molecule has 5 nitrogen and oxygen atoms in total. The lowest BCUT2D eigenvalue weighted by molar-refractivity contribution is -0.123. The van der Waals surface area contributed by atoms with Gasteiger partial charge >= 0.3 is 0 Å². The summed E-state index contributed by atoms with van der Waals surface area (Å²) in [6, 6.07) is 12.7. The first-order valence-corrected chi connectivity index (χ1v) is 10.4. The number of piperidine rings is 1. The Bertz CT molecular complexity index is 929. The smallest absolute Gasteiger partial charge is 0.243 e. The summed E-state index contributed by atoms with van der Waals surface area (Å²) in [5.74, 6) is -0.926. The lowest BCUT2D eigenvalue weighted by atomic mass is 9.96. The molecule has 0 radical (unpaired) electrons. The third-order valence-electron chi connectivity index (χ3n) is 4.81. The van der Waals surface area contributed by atoms with Gasteiger partial charge in [-0.05, 0) is 43.2 Å². The molecular weight excluding hydrogens is 391 g/mol. The van der Waals surface area contributed by atoms with Crippen LogP contribution >= 0.6 is 11.6 Å². The van der Waals surface area contributed by atoms with E-state index in [1.807, 2.05) is 30.3 Å². The molecule has 0 aliphatic carbocycles. The summed E-state index contributed by atoms with van der Waals surface area (Å²) in [6.45, 7) is 0.465. The quantitative estimate of drug-likeness (QED) is 0.774. The molecule has 1 aliphatic rings. The maximum atomic E-state index is 13.3. The fraction of sp³-hybridized carbons (Fsp3) is 0.316. The van der Waals surface area contributed by atoms with Crippen LogP contribution in [0.3, 0.4) is 0 Å². The highest BCUT2D eigenvalue weighted by Gasteiger charge is 2.33. The number of benzene rings is 2. The molecular formula is C19H20ClFN2O3S. The average Bonchev–Trinajstić information content (AvgIpc) is 2.69. The zero-order valence-corrected chi connectivity index (χ0v) is 16.4. The lowest BCUT2D eigenvalue weighted by Crippen LogP contribution is -2.43. The number of amides is 1. The summed E-state index contributed by atoms with van der Waals surface area (Å²) in [6.07, 6.45) is 0.869. The number of anilines is 1. The number of hydrogen-bond donors (Lipinski definition) is 0. The molecule has 1 heterocycles. The highest BCUT2D eigenvalue weighted by Crippen LogP contribution is 2.28. The zero-order chi connectivity index (χ0) is 19.6.